The molecule has 0 bridgehead atoms. The highest BCUT2D eigenvalue weighted by Crippen LogP contribution is 2.18. The van der Waals surface area contributed by atoms with Crippen LogP contribution in [0.5, 0.6) is 11.5 Å². The third-order valence-electron chi connectivity index (χ3n) is 4.11. The van der Waals surface area contributed by atoms with Crippen molar-refractivity contribution in [3.05, 3.63) is 59.2 Å². The predicted molar refractivity (Wildman–Crippen MR) is 100 cm³/mol. The van der Waals surface area contributed by atoms with E-state index in [-0.39, 0.29) is 5.91 Å². The molecule has 0 aliphatic carbocycles. The molecule has 0 spiro atoms. The van der Waals surface area contributed by atoms with Gasteiger partial charge < -0.3 is 14.8 Å². The van der Waals surface area contributed by atoms with Gasteiger partial charge in [-0.3, -0.25) is 4.79 Å². The standard InChI is InChI=1S/C21H27NO3/c1-5-20(25-19-11-8-16(3)17(4)14-19)21(23)22-12-13-24-18-9-6-15(2)7-10-18/h6-11,14,20H,5,12-13H2,1-4H3,(H,22,23)/t20-/m0/s1. The number of amides is 1. The molecule has 1 N–H and O–H groups in total. The third kappa shape index (κ3) is 5.82. The lowest BCUT2D eigenvalue weighted by atomic mass is 10.1. The summed E-state index contributed by atoms with van der Waals surface area (Å²) in [6.07, 6.45) is 0.110. The molecule has 1 atom stereocenters. The summed E-state index contributed by atoms with van der Waals surface area (Å²) in [6, 6.07) is 13.7. The van der Waals surface area contributed by atoms with Crippen LogP contribution in [0.2, 0.25) is 0 Å². The van der Waals surface area contributed by atoms with E-state index in [9.17, 15) is 4.79 Å². The van der Waals surface area contributed by atoms with Gasteiger partial charge in [-0.15, -0.1) is 0 Å². The van der Waals surface area contributed by atoms with Crippen molar-refractivity contribution in [3.8, 4) is 11.5 Å². The molecule has 0 unspecified atom stereocenters. The summed E-state index contributed by atoms with van der Waals surface area (Å²) in [5, 5.41) is 2.87. The van der Waals surface area contributed by atoms with Gasteiger partial charge in [0.25, 0.3) is 5.91 Å². The molecule has 1 amide bonds. The Morgan fingerprint density at radius 1 is 1.00 bits per heavy atom. The summed E-state index contributed by atoms with van der Waals surface area (Å²) < 4.78 is 11.5. The Morgan fingerprint density at radius 3 is 2.32 bits per heavy atom. The molecule has 2 aromatic carbocycles. The molecule has 0 fully saturated rings. The van der Waals surface area contributed by atoms with Crippen LogP contribution in [0.4, 0.5) is 0 Å². The first-order valence-electron chi connectivity index (χ1n) is 8.70. The molecule has 0 aliphatic heterocycles. The van der Waals surface area contributed by atoms with E-state index in [4.69, 9.17) is 9.47 Å². The molecule has 0 saturated carbocycles. The van der Waals surface area contributed by atoms with Crippen molar-refractivity contribution in [2.75, 3.05) is 13.2 Å². The molecule has 0 aromatic heterocycles. The van der Waals surface area contributed by atoms with E-state index >= 15 is 0 Å². The Morgan fingerprint density at radius 2 is 1.68 bits per heavy atom. The van der Waals surface area contributed by atoms with Gasteiger partial charge in [-0.1, -0.05) is 30.7 Å². The van der Waals surface area contributed by atoms with Crippen LogP contribution in [-0.4, -0.2) is 25.2 Å². The van der Waals surface area contributed by atoms with Gasteiger partial charge in [0, 0.05) is 0 Å². The van der Waals surface area contributed by atoms with E-state index in [1.165, 1.54) is 11.1 Å². The van der Waals surface area contributed by atoms with Crippen molar-refractivity contribution in [3.63, 3.8) is 0 Å². The average Bonchev–Trinajstić information content (AvgIpc) is 2.61. The molecule has 134 valence electrons. The zero-order valence-electron chi connectivity index (χ0n) is 15.5. The van der Waals surface area contributed by atoms with Crippen LogP contribution >= 0.6 is 0 Å². The van der Waals surface area contributed by atoms with Crippen molar-refractivity contribution in [1.82, 2.24) is 5.32 Å². The van der Waals surface area contributed by atoms with Crippen molar-refractivity contribution >= 4 is 5.91 Å². The lowest BCUT2D eigenvalue weighted by molar-refractivity contribution is -0.128. The second-order valence-electron chi connectivity index (χ2n) is 6.21. The molecular formula is C21H27NO3. The number of carbonyl (C=O) groups is 1. The number of aryl methyl sites for hydroxylation is 3. The minimum absolute atomic E-state index is 0.117. The summed E-state index contributed by atoms with van der Waals surface area (Å²) in [4.78, 5) is 12.3. The van der Waals surface area contributed by atoms with Crippen LogP contribution < -0.4 is 14.8 Å². The summed E-state index contributed by atoms with van der Waals surface area (Å²) in [5.74, 6) is 1.41. The molecular weight excluding hydrogens is 314 g/mol. The minimum Gasteiger partial charge on any atom is -0.492 e. The van der Waals surface area contributed by atoms with Crippen LogP contribution in [0.25, 0.3) is 0 Å². The van der Waals surface area contributed by atoms with E-state index in [2.05, 4.69) is 12.2 Å². The maximum absolute atomic E-state index is 12.3. The van der Waals surface area contributed by atoms with E-state index in [1.807, 2.05) is 63.2 Å². The van der Waals surface area contributed by atoms with Gasteiger partial charge in [0.05, 0.1) is 6.54 Å². The molecule has 0 radical (unpaired) electrons. The van der Waals surface area contributed by atoms with Crippen LogP contribution in [0.1, 0.15) is 30.0 Å². The Bertz CT molecular complexity index is 695. The van der Waals surface area contributed by atoms with Gasteiger partial charge in [0.1, 0.15) is 18.1 Å². The number of carbonyl (C=O) groups excluding carboxylic acids is 1. The quantitative estimate of drug-likeness (QED) is 0.739. The highest BCUT2D eigenvalue weighted by Gasteiger charge is 2.18. The second-order valence-corrected chi connectivity index (χ2v) is 6.21. The fourth-order valence-corrected chi connectivity index (χ4v) is 2.37. The van der Waals surface area contributed by atoms with Gasteiger partial charge in [0.2, 0.25) is 0 Å². The number of hydrogen-bond acceptors (Lipinski definition) is 3. The van der Waals surface area contributed by atoms with Crippen LogP contribution in [0.15, 0.2) is 42.5 Å². The molecule has 25 heavy (non-hydrogen) atoms. The monoisotopic (exact) mass is 341 g/mol. The van der Waals surface area contributed by atoms with Crippen molar-refractivity contribution in [2.24, 2.45) is 0 Å². The number of nitrogens with one attached hydrogen (secondary N) is 1. The smallest absolute Gasteiger partial charge is 0.261 e. The number of ether oxygens (including phenoxy) is 2. The second kappa shape index (κ2) is 9.11. The van der Waals surface area contributed by atoms with E-state index in [0.717, 1.165) is 17.1 Å². The summed E-state index contributed by atoms with van der Waals surface area (Å²) in [6.45, 7) is 8.93. The summed E-state index contributed by atoms with van der Waals surface area (Å²) in [7, 11) is 0. The Balaban J connectivity index is 1.79. The number of hydrogen-bond donors (Lipinski definition) is 1. The molecule has 0 saturated heterocycles. The van der Waals surface area contributed by atoms with Crippen molar-refractivity contribution < 1.29 is 14.3 Å². The van der Waals surface area contributed by atoms with Gasteiger partial charge in [0.15, 0.2) is 6.10 Å². The summed E-state index contributed by atoms with van der Waals surface area (Å²) >= 11 is 0. The highest BCUT2D eigenvalue weighted by atomic mass is 16.5. The zero-order valence-corrected chi connectivity index (χ0v) is 15.5. The average molecular weight is 341 g/mol. The lowest BCUT2D eigenvalue weighted by Crippen LogP contribution is -2.39. The maximum Gasteiger partial charge on any atom is 0.261 e. The van der Waals surface area contributed by atoms with E-state index < -0.39 is 6.10 Å². The Hall–Kier alpha value is -2.49. The molecule has 0 heterocycles. The van der Waals surface area contributed by atoms with Gasteiger partial charge in [-0.25, -0.2) is 0 Å². The van der Waals surface area contributed by atoms with E-state index in [0.29, 0.717) is 19.6 Å². The molecule has 2 rings (SSSR count). The van der Waals surface area contributed by atoms with Crippen molar-refractivity contribution in [2.45, 2.75) is 40.2 Å². The predicted octanol–water partition coefficient (Wildman–Crippen LogP) is 3.96. The largest absolute Gasteiger partial charge is 0.492 e. The molecule has 4 nitrogen and oxygen atoms in total. The number of rotatable bonds is 8. The lowest BCUT2D eigenvalue weighted by Gasteiger charge is -2.18. The SMILES string of the molecule is CC[C@H](Oc1ccc(C)c(C)c1)C(=O)NCCOc1ccc(C)cc1. The number of benzene rings is 2. The Labute approximate surface area is 150 Å². The van der Waals surface area contributed by atoms with E-state index in [1.54, 1.807) is 0 Å². The third-order valence-corrected chi connectivity index (χ3v) is 4.11. The molecule has 4 heteroatoms. The topological polar surface area (TPSA) is 47.6 Å². The van der Waals surface area contributed by atoms with Gasteiger partial charge in [-0.05, 0) is 62.6 Å². The van der Waals surface area contributed by atoms with Crippen LogP contribution in [-0.2, 0) is 4.79 Å². The molecule has 2 aromatic rings. The normalized spacial score (nSPS) is 11.7. The first kappa shape index (κ1) is 18.8. The summed E-state index contributed by atoms with van der Waals surface area (Å²) in [5.41, 5.74) is 3.55. The first-order chi connectivity index (χ1) is 12.0. The Kier molecular flexibility index (Phi) is 6.87. The fraction of sp³-hybridized carbons (Fsp3) is 0.381. The van der Waals surface area contributed by atoms with Crippen LogP contribution in [0, 0.1) is 20.8 Å². The highest BCUT2D eigenvalue weighted by molar-refractivity contribution is 5.81. The first-order valence-corrected chi connectivity index (χ1v) is 8.70. The minimum atomic E-state index is -0.499. The molecule has 0 aliphatic rings. The van der Waals surface area contributed by atoms with Gasteiger partial charge in [-0.2, -0.15) is 0 Å². The van der Waals surface area contributed by atoms with Gasteiger partial charge >= 0.3 is 0 Å². The zero-order chi connectivity index (χ0) is 18.2. The fourth-order valence-electron chi connectivity index (χ4n) is 2.37. The maximum atomic E-state index is 12.3. The van der Waals surface area contributed by atoms with Crippen molar-refractivity contribution in [1.29, 1.82) is 0 Å². The van der Waals surface area contributed by atoms with Crippen LogP contribution in [0.3, 0.4) is 0 Å².